The first-order chi connectivity index (χ1) is 8.01. The van der Waals surface area contributed by atoms with Crippen LogP contribution in [0, 0.1) is 0 Å². The standard InChI is InChI=1S/C12H16ClNO3/c1-4-10(12(15)16)14(2)8-5-6-11(17-3)9(13)7-8/h5-7,10H,4H2,1-3H3,(H,15,16)/t10-/m1/s1. The maximum Gasteiger partial charge on any atom is 0.326 e. The number of carboxylic acid groups (broad SMARTS) is 1. The van der Waals surface area contributed by atoms with Gasteiger partial charge >= 0.3 is 5.97 Å². The zero-order chi connectivity index (χ0) is 13.0. The van der Waals surface area contributed by atoms with Crippen molar-refractivity contribution in [2.45, 2.75) is 19.4 Å². The molecule has 0 spiro atoms. The van der Waals surface area contributed by atoms with E-state index in [1.54, 1.807) is 30.1 Å². The van der Waals surface area contributed by atoms with Crippen LogP contribution >= 0.6 is 11.6 Å². The van der Waals surface area contributed by atoms with Crippen molar-refractivity contribution in [3.63, 3.8) is 0 Å². The Labute approximate surface area is 106 Å². The van der Waals surface area contributed by atoms with Crippen LogP contribution in [0.25, 0.3) is 0 Å². The zero-order valence-corrected chi connectivity index (χ0v) is 10.9. The Morgan fingerprint density at radius 2 is 2.24 bits per heavy atom. The first-order valence-electron chi connectivity index (χ1n) is 5.30. The molecule has 17 heavy (non-hydrogen) atoms. The third-order valence-electron chi connectivity index (χ3n) is 2.68. The van der Waals surface area contributed by atoms with Gasteiger partial charge in [-0.2, -0.15) is 0 Å². The number of likely N-dealkylation sites (N-methyl/N-ethyl adjacent to an activating group) is 1. The number of rotatable bonds is 5. The molecule has 0 aromatic heterocycles. The molecule has 0 aliphatic heterocycles. The third kappa shape index (κ3) is 3.03. The van der Waals surface area contributed by atoms with Crippen LogP contribution in [0.2, 0.25) is 5.02 Å². The van der Waals surface area contributed by atoms with Gasteiger partial charge in [-0.3, -0.25) is 0 Å². The van der Waals surface area contributed by atoms with Crippen LogP contribution < -0.4 is 9.64 Å². The van der Waals surface area contributed by atoms with Crippen LogP contribution in [-0.2, 0) is 4.79 Å². The number of halogens is 1. The molecule has 0 heterocycles. The number of nitrogens with zero attached hydrogens (tertiary/aromatic N) is 1. The van der Waals surface area contributed by atoms with Crippen LogP contribution in [0.1, 0.15) is 13.3 Å². The number of carbonyl (C=O) groups is 1. The topological polar surface area (TPSA) is 49.8 Å². The van der Waals surface area contributed by atoms with Crippen molar-refractivity contribution in [3.05, 3.63) is 23.2 Å². The highest BCUT2D eigenvalue weighted by molar-refractivity contribution is 6.32. The summed E-state index contributed by atoms with van der Waals surface area (Å²) < 4.78 is 5.05. The first-order valence-corrected chi connectivity index (χ1v) is 5.68. The minimum Gasteiger partial charge on any atom is -0.495 e. The molecule has 94 valence electrons. The van der Waals surface area contributed by atoms with Crippen molar-refractivity contribution in [1.29, 1.82) is 0 Å². The molecular formula is C12H16ClNO3. The van der Waals surface area contributed by atoms with Gasteiger partial charge in [0.15, 0.2) is 0 Å². The van der Waals surface area contributed by atoms with Crippen molar-refractivity contribution >= 4 is 23.3 Å². The maximum absolute atomic E-state index is 11.1. The number of methoxy groups -OCH3 is 1. The summed E-state index contributed by atoms with van der Waals surface area (Å²) in [7, 11) is 3.27. The van der Waals surface area contributed by atoms with E-state index < -0.39 is 12.0 Å². The minimum absolute atomic E-state index is 0.470. The molecule has 0 saturated heterocycles. The normalized spacial score (nSPS) is 12.0. The molecule has 0 aliphatic rings. The molecular weight excluding hydrogens is 242 g/mol. The summed E-state index contributed by atoms with van der Waals surface area (Å²) in [6.45, 7) is 1.83. The van der Waals surface area contributed by atoms with E-state index in [4.69, 9.17) is 21.4 Å². The Balaban J connectivity index is 2.99. The molecule has 0 saturated carbocycles. The van der Waals surface area contributed by atoms with E-state index >= 15 is 0 Å². The van der Waals surface area contributed by atoms with Gasteiger partial charge < -0.3 is 14.7 Å². The third-order valence-corrected chi connectivity index (χ3v) is 2.98. The van der Waals surface area contributed by atoms with E-state index in [0.29, 0.717) is 17.2 Å². The smallest absolute Gasteiger partial charge is 0.326 e. The fourth-order valence-electron chi connectivity index (χ4n) is 1.67. The summed E-state index contributed by atoms with van der Waals surface area (Å²) in [4.78, 5) is 12.7. The molecule has 0 fully saturated rings. The number of hydrogen-bond acceptors (Lipinski definition) is 3. The highest BCUT2D eigenvalue weighted by Crippen LogP contribution is 2.29. The Morgan fingerprint density at radius 3 is 2.65 bits per heavy atom. The zero-order valence-electron chi connectivity index (χ0n) is 10.1. The second-order valence-electron chi connectivity index (χ2n) is 3.69. The Kier molecular flexibility index (Phi) is 4.63. The number of ether oxygens (including phenoxy) is 1. The molecule has 1 atom stereocenters. The van der Waals surface area contributed by atoms with E-state index in [1.165, 1.54) is 7.11 Å². The summed E-state index contributed by atoms with van der Waals surface area (Å²) in [6.07, 6.45) is 0.523. The lowest BCUT2D eigenvalue weighted by Gasteiger charge is -2.26. The molecule has 0 radical (unpaired) electrons. The van der Waals surface area contributed by atoms with Crippen LogP contribution in [0.4, 0.5) is 5.69 Å². The molecule has 1 rings (SSSR count). The minimum atomic E-state index is -0.845. The average molecular weight is 258 g/mol. The van der Waals surface area contributed by atoms with Gasteiger partial charge in [0, 0.05) is 12.7 Å². The SMILES string of the molecule is CC[C@H](C(=O)O)N(C)c1ccc(OC)c(Cl)c1. The van der Waals surface area contributed by atoms with Crippen molar-refractivity contribution in [2.75, 3.05) is 19.1 Å². The van der Waals surface area contributed by atoms with Gasteiger partial charge in [0.25, 0.3) is 0 Å². The van der Waals surface area contributed by atoms with Gasteiger partial charge in [0.2, 0.25) is 0 Å². The number of benzene rings is 1. The number of carboxylic acids is 1. The molecule has 4 nitrogen and oxygen atoms in total. The van der Waals surface area contributed by atoms with E-state index in [-0.39, 0.29) is 0 Å². The number of anilines is 1. The molecule has 0 bridgehead atoms. The summed E-state index contributed by atoms with van der Waals surface area (Å²) in [6, 6.07) is 4.66. The second kappa shape index (κ2) is 5.77. The maximum atomic E-state index is 11.1. The van der Waals surface area contributed by atoms with Crippen LogP contribution in [0.5, 0.6) is 5.75 Å². The van der Waals surface area contributed by atoms with Gasteiger partial charge in [0.05, 0.1) is 12.1 Å². The lowest BCUT2D eigenvalue weighted by atomic mass is 10.1. The summed E-state index contributed by atoms with van der Waals surface area (Å²) in [5.41, 5.74) is 0.755. The van der Waals surface area contributed by atoms with Crippen molar-refractivity contribution in [1.82, 2.24) is 0 Å². The van der Waals surface area contributed by atoms with Crippen LogP contribution in [-0.4, -0.2) is 31.3 Å². The lowest BCUT2D eigenvalue weighted by molar-refractivity contribution is -0.138. The largest absolute Gasteiger partial charge is 0.495 e. The lowest BCUT2D eigenvalue weighted by Crippen LogP contribution is -2.37. The molecule has 1 aromatic carbocycles. The Morgan fingerprint density at radius 1 is 1.59 bits per heavy atom. The average Bonchev–Trinajstić information content (AvgIpc) is 2.29. The summed E-state index contributed by atoms with van der Waals surface area (Å²) >= 11 is 6.00. The summed E-state index contributed by atoms with van der Waals surface area (Å²) in [5.74, 6) is -0.269. The molecule has 0 aliphatic carbocycles. The number of aliphatic carboxylic acids is 1. The van der Waals surface area contributed by atoms with E-state index in [2.05, 4.69) is 0 Å². The van der Waals surface area contributed by atoms with Gasteiger partial charge in [-0.1, -0.05) is 18.5 Å². The monoisotopic (exact) mass is 257 g/mol. The molecule has 5 heteroatoms. The fraction of sp³-hybridized carbons (Fsp3) is 0.417. The quantitative estimate of drug-likeness (QED) is 0.881. The molecule has 0 amide bonds. The predicted octanol–water partition coefficient (Wildman–Crippen LogP) is 2.65. The van der Waals surface area contributed by atoms with Gasteiger partial charge in [-0.25, -0.2) is 4.79 Å². The van der Waals surface area contributed by atoms with Crippen molar-refractivity contribution in [3.8, 4) is 5.75 Å². The van der Waals surface area contributed by atoms with Gasteiger partial charge in [0.1, 0.15) is 11.8 Å². The van der Waals surface area contributed by atoms with Crippen molar-refractivity contribution < 1.29 is 14.6 Å². The predicted molar refractivity (Wildman–Crippen MR) is 68.1 cm³/mol. The van der Waals surface area contributed by atoms with Gasteiger partial charge in [-0.15, -0.1) is 0 Å². The number of hydrogen-bond donors (Lipinski definition) is 1. The highest BCUT2D eigenvalue weighted by Gasteiger charge is 2.21. The molecule has 0 unspecified atom stereocenters. The van der Waals surface area contributed by atoms with E-state index in [1.807, 2.05) is 6.92 Å². The van der Waals surface area contributed by atoms with Gasteiger partial charge in [-0.05, 0) is 24.6 Å². The van der Waals surface area contributed by atoms with Crippen LogP contribution in [0.3, 0.4) is 0 Å². The fourth-order valence-corrected chi connectivity index (χ4v) is 1.92. The molecule has 1 N–H and O–H groups in total. The Hall–Kier alpha value is -1.42. The Bertz CT molecular complexity index is 409. The summed E-state index contributed by atoms with van der Waals surface area (Å²) in [5, 5.41) is 9.55. The molecule has 1 aromatic rings. The first kappa shape index (κ1) is 13.6. The van der Waals surface area contributed by atoms with E-state index in [0.717, 1.165) is 5.69 Å². The second-order valence-corrected chi connectivity index (χ2v) is 4.10. The van der Waals surface area contributed by atoms with Crippen LogP contribution in [0.15, 0.2) is 18.2 Å². The van der Waals surface area contributed by atoms with Crippen molar-refractivity contribution in [2.24, 2.45) is 0 Å². The highest BCUT2D eigenvalue weighted by atomic mass is 35.5. The van der Waals surface area contributed by atoms with E-state index in [9.17, 15) is 4.79 Å².